The standard InChI is InChI=1S/C22H26N2O4/c1-5-26-20-10-17-9-16(4)28-21(17)11-18(20)12-23-24-22(25)13-27-19-8-14(2)6-7-15(19)3/h6-8,10-12,16H,5,9,13H2,1-4H3,(H,24,25)/b23-12-/t16-/m0/s1. The number of benzene rings is 2. The lowest BCUT2D eigenvalue weighted by molar-refractivity contribution is -0.123. The summed E-state index contributed by atoms with van der Waals surface area (Å²) in [6.07, 6.45) is 2.57. The van der Waals surface area contributed by atoms with Crippen LogP contribution in [0, 0.1) is 13.8 Å². The molecule has 2 aromatic rings. The first kappa shape index (κ1) is 19.7. The van der Waals surface area contributed by atoms with E-state index in [0.717, 1.165) is 40.2 Å². The molecule has 0 fully saturated rings. The van der Waals surface area contributed by atoms with Gasteiger partial charge in [-0.05, 0) is 57.0 Å². The maximum absolute atomic E-state index is 12.0. The minimum atomic E-state index is -0.332. The lowest BCUT2D eigenvalue weighted by Crippen LogP contribution is -2.24. The van der Waals surface area contributed by atoms with E-state index in [1.54, 1.807) is 6.21 Å². The van der Waals surface area contributed by atoms with E-state index < -0.39 is 0 Å². The molecule has 1 atom stereocenters. The third-order valence-corrected chi connectivity index (χ3v) is 4.42. The SMILES string of the molecule is CCOc1cc2c(cc1/C=N\NC(=O)COc1cc(C)ccc1C)O[C@@H](C)C2. The number of fused-ring (bicyclic) bond motifs is 1. The van der Waals surface area contributed by atoms with Crippen molar-refractivity contribution in [2.75, 3.05) is 13.2 Å². The molecule has 0 bridgehead atoms. The number of ether oxygens (including phenoxy) is 3. The van der Waals surface area contributed by atoms with E-state index in [0.29, 0.717) is 12.4 Å². The van der Waals surface area contributed by atoms with Crippen LogP contribution in [0.4, 0.5) is 0 Å². The molecular formula is C22H26N2O4. The monoisotopic (exact) mass is 382 g/mol. The molecule has 2 aromatic carbocycles. The fourth-order valence-electron chi connectivity index (χ4n) is 3.05. The Kier molecular flexibility index (Phi) is 6.19. The number of amides is 1. The Hall–Kier alpha value is -3.02. The molecule has 1 heterocycles. The molecule has 3 rings (SSSR count). The quantitative estimate of drug-likeness (QED) is 0.587. The Morgan fingerprint density at radius 3 is 2.86 bits per heavy atom. The number of nitrogens with zero attached hydrogens (tertiary/aromatic N) is 1. The van der Waals surface area contributed by atoms with Gasteiger partial charge < -0.3 is 14.2 Å². The summed E-state index contributed by atoms with van der Waals surface area (Å²) >= 11 is 0. The number of hydrazone groups is 1. The van der Waals surface area contributed by atoms with Gasteiger partial charge in [-0.15, -0.1) is 0 Å². The Bertz CT molecular complexity index is 892. The van der Waals surface area contributed by atoms with Crippen LogP contribution in [0.3, 0.4) is 0 Å². The molecule has 0 spiro atoms. The van der Waals surface area contributed by atoms with Gasteiger partial charge >= 0.3 is 0 Å². The minimum absolute atomic E-state index is 0.106. The predicted molar refractivity (Wildman–Crippen MR) is 109 cm³/mol. The van der Waals surface area contributed by atoms with Crippen LogP contribution in [0.2, 0.25) is 0 Å². The Balaban J connectivity index is 1.61. The molecule has 148 valence electrons. The zero-order chi connectivity index (χ0) is 20.1. The number of hydrogen-bond donors (Lipinski definition) is 1. The van der Waals surface area contributed by atoms with E-state index in [-0.39, 0.29) is 18.6 Å². The van der Waals surface area contributed by atoms with E-state index in [9.17, 15) is 4.79 Å². The summed E-state index contributed by atoms with van der Waals surface area (Å²) < 4.78 is 17.1. The van der Waals surface area contributed by atoms with Gasteiger partial charge in [-0.3, -0.25) is 4.79 Å². The van der Waals surface area contributed by atoms with Gasteiger partial charge in [0.2, 0.25) is 0 Å². The van der Waals surface area contributed by atoms with Crippen molar-refractivity contribution in [3.05, 3.63) is 52.6 Å². The molecule has 0 saturated heterocycles. The zero-order valence-corrected chi connectivity index (χ0v) is 16.7. The van der Waals surface area contributed by atoms with Crippen molar-refractivity contribution in [1.29, 1.82) is 0 Å². The van der Waals surface area contributed by atoms with Crippen LogP contribution in [0.15, 0.2) is 35.4 Å². The summed E-state index contributed by atoms with van der Waals surface area (Å²) in [5, 5.41) is 4.04. The van der Waals surface area contributed by atoms with Crippen LogP contribution in [0.25, 0.3) is 0 Å². The topological polar surface area (TPSA) is 69.2 Å². The third-order valence-electron chi connectivity index (χ3n) is 4.42. The molecule has 0 unspecified atom stereocenters. The summed E-state index contributed by atoms with van der Waals surface area (Å²) in [5.41, 5.74) is 6.43. The molecule has 1 N–H and O–H groups in total. The lowest BCUT2D eigenvalue weighted by Gasteiger charge is -2.10. The van der Waals surface area contributed by atoms with Crippen molar-refractivity contribution in [2.24, 2.45) is 5.10 Å². The van der Waals surface area contributed by atoms with Crippen molar-refractivity contribution in [3.8, 4) is 17.2 Å². The van der Waals surface area contributed by atoms with Gasteiger partial charge in [0.25, 0.3) is 5.91 Å². The van der Waals surface area contributed by atoms with Gasteiger partial charge in [0.05, 0.1) is 12.8 Å². The lowest BCUT2D eigenvalue weighted by atomic mass is 10.1. The molecule has 1 aliphatic rings. The van der Waals surface area contributed by atoms with E-state index in [4.69, 9.17) is 14.2 Å². The predicted octanol–water partition coefficient (Wildman–Crippen LogP) is 3.55. The first-order valence-electron chi connectivity index (χ1n) is 9.44. The van der Waals surface area contributed by atoms with Crippen molar-refractivity contribution < 1.29 is 19.0 Å². The summed E-state index contributed by atoms with van der Waals surface area (Å²) in [6, 6.07) is 9.75. The number of aryl methyl sites for hydroxylation is 2. The first-order valence-corrected chi connectivity index (χ1v) is 9.44. The molecule has 6 nitrogen and oxygen atoms in total. The highest BCUT2D eigenvalue weighted by molar-refractivity contribution is 5.86. The second-order valence-electron chi connectivity index (χ2n) is 6.91. The zero-order valence-electron chi connectivity index (χ0n) is 16.7. The number of nitrogens with one attached hydrogen (secondary N) is 1. The van der Waals surface area contributed by atoms with Crippen LogP contribution >= 0.6 is 0 Å². The van der Waals surface area contributed by atoms with E-state index in [1.807, 2.05) is 58.0 Å². The molecule has 0 saturated carbocycles. The van der Waals surface area contributed by atoms with Crippen molar-refractivity contribution in [1.82, 2.24) is 5.43 Å². The Labute approximate surface area is 165 Å². The highest BCUT2D eigenvalue weighted by Gasteiger charge is 2.21. The average molecular weight is 382 g/mol. The van der Waals surface area contributed by atoms with Gasteiger partial charge in [0.15, 0.2) is 6.61 Å². The summed E-state index contributed by atoms with van der Waals surface area (Å²) in [4.78, 5) is 12.0. The number of carbonyl (C=O) groups is 1. The molecule has 28 heavy (non-hydrogen) atoms. The highest BCUT2D eigenvalue weighted by Crippen LogP contribution is 2.34. The number of rotatable bonds is 7. The molecule has 1 amide bonds. The second-order valence-corrected chi connectivity index (χ2v) is 6.91. The van der Waals surface area contributed by atoms with Crippen LogP contribution in [-0.4, -0.2) is 31.4 Å². The van der Waals surface area contributed by atoms with Gasteiger partial charge in [0, 0.05) is 17.5 Å². The largest absolute Gasteiger partial charge is 0.493 e. The molecular weight excluding hydrogens is 356 g/mol. The number of carbonyl (C=O) groups excluding carboxylic acids is 1. The molecule has 6 heteroatoms. The fourth-order valence-corrected chi connectivity index (χ4v) is 3.05. The maximum Gasteiger partial charge on any atom is 0.277 e. The molecule has 0 radical (unpaired) electrons. The Morgan fingerprint density at radius 1 is 1.25 bits per heavy atom. The highest BCUT2D eigenvalue weighted by atomic mass is 16.5. The van der Waals surface area contributed by atoms with Crippen LogP contribution in [-0.2, 0) is 11.2 Å². The maximum atomic E-state index is 12.0. The molecule has 0 aromatic heterocycles. The smallest absolute Gasteiger partial charge is 0.277 e. The molecule has 1 aliphatic heterocycles. The van der Waals surface area contributed by atoms with Crippen LogP contribution in [0.1, 0.15) is 36.1 Å². The van der Waals surface area contributed by atoms with Crippen molar-refractivity contribution >= 4 is 12.1 Å². The summed E-state index contributed by atoms with van der Waals surface area (Å²) in [5.74, 6) is 1.93. The van der Waals surface area contributed by atoms with E-state index in [2.05, 4.69) is 10.5 Å². The van der Waals surface area contributed by atoms with Crippen molar-refractivity contribution in [3.63, 3.8) is 0 Å². The average Bonchev–Trinajstić information content (AvgIpc) is 3.01. The summed E-state index contributed by atoms with van der Waals surface area (Å²) in [6.45, 7) is 8.32. The van der Waals surface area contributed by atoms with Gasteiger partial charge in [0.1, 0.15) is 23.4 Å². The second kappa shape index (κ2) is 8.78. The fraction of sp³-hybridized carbons (Fsp3) is 0.364. The molecule has 0 aliphatic carbocycles. The van der Waals surface area contributed by atoms with Gasteiger partial charge in [-0.25, -0.2) is 5.43 Å². The van der Waals surface area contributed by atoms with Gasteiger partial charge in [-0.2, -0.15) is 5.10 Å². The summed E-state index contributed by atoms with van der Waals surface area (Å²) in [7, 11) is 0. The van der Waals surface area contributed by atoms with E-state index >= 15 is 0 Å². The third kappa shape index (κ3) is 4.82. The van der Waals surface area contributed by atoms with Crippen LogP contribution < -0.4 is 19.6 Å². The Morgan fingerprint density at radius 2 is 2.07 bits per heavy atom. The van der Waals surface area contributed by atoms with E-state index in [1.165, 1.54) is 0 Å². The van der Waals surface area contributed by atoms with Crippen LogP contribution in [0.5, 0.6) is 17.2 Å². The minimum Gasteiger partial charge on any atom is -0.493 e. The van der Waals surface area contributed by atoms with Crippen molar-refractivity contribution in [2.45, 2.75) is 40.2 Å². The number of hydrogen-bond acceptors (Lipinski definition) is 5. The first-order chi connectivity index (χ1) is 13.5. The van der Waals surface area contributed by atoms with Gasteiger partial charge in [-0.1, -0.05) is 12.1 Å². The normalized spacial score (nSPS) is 15.2.